The molecule has 0 saturated carbocycles. The van der Waals surface area contributed by atoms with Crippen LogP contribution < -0.4 is 10.1 Å². The molecule has 5 rings (SSSR count). The lowest BCUT2D eigenvalue weighted by atomic mass is 9.87. The normalized spacial score (nSPS) is 13.0. The summed E-state index contributed by atoms with van der Waals surface area (Å²) in [5, 5.41) is 11.0. The number of benzene rings is 3. The van der Waals surface area contributed by atoms with Gasteiger partial charge in [0.2, 0.25) is 0 Å². The smallest absolute Gasteiger partial charge is 0.251 e. The second-order valence-electron chi connectivity index (χ2n) is 8.92. The topological polar surface area (TPSA) is 67.0 Å². The number of carbonyl (C=O) groups is 1. The zero-order valence-corrected chi connectivity index (χ0v) is 19.6. The van der Waals surface area contributed by atoms with Gasteiger partial charge in [-0.25, -0.2) is 0 Å². The minimum absolute atomic E-state index is 0.0426. The van der Waals surface area contributed by atoms with E-state index < -0.39 is 0 Å². The van der Waals surface area contributed by atoms with Crippen molar-refractivity contribution in [2.24, 2.45) is 0 Å². The van der Waals surface area contributed by atoms with Crippen molar-refractivity contribution in [2.75, 3.05) is 7.11 Å². The number of ether oxygens (including phenoxy) is 1. The Kier molecular flexibility index (Phi) is 6.17. The molecule has 3 aromatic carbocycles. The van der Waals surface area contributed by atoms with Crippen molar-refractivity contribution in [3.8, 4) is 28.3 Å². The van der Waals surface area contributed by atoms with Crippen LogP contribution in [0.4, 0.5) is 0 Å². The first-order chi connectivity index (χ1) is 16.6. The van der Waals surface area contributed by atoms with Crippen molar-refractivity contribution >= 4 is 5.91 Å². The van der Waals surface area contributed by atoms with Gasteiger partial charge in [0.15, 0.2) is 0 Å². The first-order valence-electron chi connectivity index (χ1n) is 11.8. The molecule has 4 aromatic rings. The fourth-order valence-corrected chi connectivity index (χ4v) is 4.66. The number of nitrogens with one attached hydrogen (secondary N) is 2. The molecule has 0 fully saturated rings. The Hall–Kier alpha value is -3.86. The van der Waals surface area contributed by atoms with Crippen LogP contribution in [-0.4, -0.2) is 29.3 Å². The van der Waals surface area contributed by atoms with Gasteiger partial charge < -0.3 is 10.1 Å². The Bertz CT molecular complexity index is 1290. The van der Waals surface area contributed by atoms with Gasteiger partial charge in [0.05, 0.1) is 18.5 Å². The zero-order chi connectivity index (χ0) is 23.5. The van der Waals surface area contributed by atoms with Gasteiger partial charge in [-0.3, -0.25) is 9.89 Å². The number of carbonyl (C=O) groups excluding carboxylic acids is 1. The van der Waals surface area contributed by atoms with Gasteiger partial charge in [-0.05, 0) is 74.1 Å². The van der Waals surface area contributed by atoms with Gasteiger partial charge in [-0.2, -0.15) is 5.10 Å². The summed E-state index contributed by atoms with van der Waals surface area (Å²) in [6, 6.07) is 24.4. The highest BCUT2D eigenvalue weighted by Gasteiger charge is 2.23. The van der Waals surface area contributed by atoms with Gasteiger partial charge >= 0.3 is 0 Å². The van der Waals surface area contributed by atoms with E-state index in [0.717, 1.165) is 48.4 Å². The van der Waals surface area contributed by atoms with Crippen LogP contribution >= 0.6 is 0 Å². The number of H-pyrrole nitrogens is 1. The van der Waals surface area contributed by atoms with Crippen LogP contribution in [0.25, 0.3) is 22.5 Å². The van der Waals surface area contributed by atoms with E-state index in [4.69, 9.17) is 4.74 Å². The van der Waals surface area contributed by atoms with E-state index >= 15 is 0 Å². The Labute approximate surface area is 200 Å². The summed E-state index contributed by atoms with van der Waals surface area (Å²) in [4.78, 5) is 12.7. The SMILES string of the molecule is COc1ccc2c(c1)CCc1c(-c3ccc(C(=O)N[C@H](C)CCc4ccccc4)cc3)n[nH]c1-2. The maximum absolute atomic E-state index is 12.7. The number of fused-ring (bicyclic) bond motifs is 3. The summed E-state index contributed by atoms with van der Waals surface area (Å²) >= 11 is 0. The lowest BCUT2D eigenvalue weighted by molar-refractivity contribution is 0.0938. The molecule has 5 nitrogen and oxygen atoms in total. The minimum Gasteiger partial charge on any atom is -0.497 e. The van der Waals surface area contributed by atoms with Crippen LogP contribution in [0.3, 0.4) is 0 Å². The molecule has 0 saturated heterocycles. The Morgan fingerprint density at radius 2 is 1.85 bits per heavy atom. The molecule has 1 aromatic heterocycles. The Balaban J connectivity index is 1.27. The van der Waals surface area contributed by atoms with Gasteiger partial charge in [0.1, 0.15) is 5.75 Å². The van der Waals surface area contributed by atoms with Crippen molar-refractivity contribution in [1.29, 1.82) is 0 Å². The summed E-state index contributed by atoms with van der Waals surface area (Å²) < 4.78 is 5.37. The van der Waals surface area contributed by atoms with Crippen LogP contribution in [0.1, 0.15) is 40.4 Å². The van der Waals surface area contributed by atoms with E-state index in [0.29, 0.717) is 5.56 Å². The number of methoxy groups -OCH3 is 1. The monoisotopic (exact) mass is 451 g/mol. The van der Waals surface area contributed by atoms with E-state index in [1.165, 1.54) is 22.3 Å². The van der Waals surface area contributed by atoms with Gasteiger partial charge in [0.25, 0.3) is 5.91 Å². The quantitative estimate of drug-likeness (QED) is 0.384. The first kappa shape index (κ1) is 22.0. The van der Waals surface area contributed by atoms with Gasteiger partial charge in [-0.1, -0.05) is 42.5 Å². The highest BCUT2D eigenvalue weighted by atomic mass is 16.5. The standard InChI is InChI=1S/C29H29N3O2/c1-19(8-9-20-6-4-3-5-7-20)30-29(33)22-12-10-21(11-13-22)27-26-16-14-23-18-24(34-2)15-17-25(23)28(26)32-31-27/h3-7,10-13,15,17-19H,8-9,14,16H2,1-2H3,(H,30,33)(H,31,32)/t19-/m1/s1. The van der Waals surface area contributed by atoms with E-state index in [2.05, 4.69) is 46.7 Å². The van der Waals surface area contributed by atoms with E-state index in [-0.39, 0.29) is 11.9 Å². The predicted octanol–water partition coefficient (Wildman–Crippen LogP) is 5.60. The van der Waals surface area contributed by atoms with Crippen LogP contribution in [0.15, 0.2) is 72.8 Å². The summed E-state index contributed by atoms with van der Waals surface area (Å²) in [6.07, 6.45) is 3.72. The molecule has 1 atom stereocenters. The summed E-state index contributed by atoms with van der Waals surface area (Å²) in [5.74, 6) is 0.837. The summed E-state index contributed by atoms with van der Waals surface area (Å²) in [5.41, 5.74) is 8.69. The maximum Gasteiger partial charge on any atom is 0.251 e. The molecule has 34 heavy (non-hydrogen) atoms. The van der Waals surface area contributed by atoms with Crippen molar-refractivity contribution in [3.63, 3.8) is 0 Å². The van der Waals surface area contributed by atoms with Gasteiger partial charge in [-0.15, -0.1) is 0 Å². The highest BCUT2D eigenvalue weighted by Crippen LogP contribution is 2.38. The molecule has 1 aliphatic carbocycles. The highest BCUT2D eigenvalue weighted by molar-refractivity contribution is 5.95. The predicted molar refractivity (Wildman–Crippen MR) is 135 cm³/mol. The average molecular weight is 452 g/mol. The van der Waals surface area contributed by atoms with E-state index in [9.17, 15) is 4.79 Å². The molecular formula is C29H29N3O2. The number of aromatic nitrogens is 2. The summed E-state index contributed by atoms with van der Waals surface area (Å²) in [6.45, 7) is 2.05. The molecule has 172 valence electrons. The summed E-state index contributed by atoms with van der Waals surface area (Å²) in [7, 11) is 1.69. The largest absolute Gasteiger partial charge is 0.497 e. The third-order valence-corrected chi connectivity index (χ3v) is 6.60. The molecule has 0 bridgehead atoms. The average Bonchev–Trinajstić information content (AvgIpc) is 3.32. The molecule has 0 spiro atoms. The van der Waals surface area contributed by atoms with Crippen LogP contribution in [0.5, 0.6) is 5.75 Å². The second kappa shape index (κ2) is 9.56. The molecule has 0 unspecified atom stereocenters. The molecule has 2 N–H and O–H groups in total. The number of aromatic amines is 1. The van der Waals surface area contributed by atoms with Crippen molar-refractivity contribution in [2.45, 2.75) is 38.6 Å². The van der Waals surface area contributed by atoms with Crippen LogP contribution in [0.2, 0.25) is 0 Å². The molecule has 1 aliphatic rings. The number of hydrogen-bond acceptors (Lipinski definition) is 3. The Morgan fingerprint density at radius 3 is 2.62 bits per heavy atom. The second-order valence-corrected chi connectivity index (χ2v) is 8.92. The number of aryl methyl sites for hydroxylation is 2. The Morgan fingerprint density at radius 1 is 1.06 bits per heavy atom. The van der Waals surface area contributed by atoms with Crippen molar-refractivity contribution in [3.05, 3.63) is 95.1 Å². The van der Waals surface area contributed by atoms with E-state index in [1.807, 2.05) is 48.5 Å². The number of nitrogens with zero attached hydrogens (tertiary/aromatic N) is 1. The molecular weight excluding hydrogens is 422 g/mol. The lowest BCUT2D eigenvalue weighted by Crippen LogP contribution is -2.32. The van der Waals surface area contributed by atoms with Crippen molar-refractivity contribution < 1.29 is 9.53 Å². The molecule has 0 aliphatic heterocycles. The molecule has 0 radical (unpaired) electrons. The number of hydrogen-bond donors (Lipinski definition) is 2. The minimum atomic E-state index is -0.0426. The fourth-order valence-electron chi connectivity index (χ4n) is 4.66. The third kappa shape index (κ3) is 4.46. The fraction of sp³-hybridized carbons (Fsp3) is 0.241. The maximum atomic E-state index is 12.7. The number of amides is 1. The lowest BCUT2D eigenvalue weighted by Gasteiger charge is -2.17. The molecule has 1 amide bonds. The zero-order valence-electron chi connectivity index (χ0n) is 19.6. The molecule has 5 heteroatoms. The van der Waals surface area contributed by atoms with Gasteiger partial charge in [0, 0.05) is 28.3 Å². The third-order valence-electron chi connectivity index (χ3n) is 6.60. The van der Waals surface area contributed by atoms with Crippen LogP contribution in [-0.2, 0) is 19.3 Å². The number of rotatable bonds is 7. The molecule has 1 heterocycles. The van der Waals surface area contributed by atoms with Crippen molar-refractivity contribution in [1.82, 2.24) is 15.5 Å². The first-order valence-corrected chi connectivity index (χ1v) is 11.8. The van der Waals surface area contributed by atoms with Crippen LogP contribution in [0, 0.1) is 0 Å². The van der Waals surface area contributed by atoms with E-state index in [1.54, 1.807) is 7.11 Å².